The van der Waals surface area contributed by atoms with Gasteiger partial charge < -0.3 is 15.1 Å². The summed E-state index contributed by atoms with van der Waals surface area (Å²) in [5.74, 6) is 1.50. The lowest BCUT2D eigenvalue weighted by Crippen LogP contribution is -2.38. The highest BCUT2D eigenvalue weighted by molar-refractivity contribution is 14.0. The molecule has 1 heterocycles. The third-order valence-electron chi connectivity index (χ3n) is 2.73. The lowest BCUT2D eigenvalue weighted by Gasteiger charge is -2.10. The summed E-state index contributed by atoms with van der Waals surface area (Å²) in [6.07, 6.45) is -1.94. The van der Waals surface area contributed by atoms with E-state index in [9.17, 15) is 13.2 Å². The molecule has 1 aromatic rings. The molecule has 0 saturated heterocycles. The van der Waals surface area contributed by atoms with Crippen LogP contribution in [0.25, 0.3) is 0 Å². The van der Waals surface area contributed by atoms with Crippen LogP contribution < -0.4 is 10.6 Å². The smallest absolute Gasteiger partial charge is 0.389 e. The van der Waals surface area contributed by atoms with Gasteiger partial charge in [-0.3, -0.25) is 4.99 Å². The van der Waals surface area contributed by atoms with E-state index in [4.69, 9.17) is 4.42 Å². The molecule has 1 rings (SSSR count). The number of hydrogen-bond acceptors (Lipinski definition) is 2. The van der Waals surface area contributed by atoms with Crippen LogP contribution in [0.3, 0.4) is 0 Å². The molecule has 0 fully saturated rings. The highest BCUT2D eigenvalue weighted by atomic mass is 127. The van der Waals surface area contributed by atoms with Crippen LogP contribution in [0.5, 0.6) is 0 Å². The zero-order chi connectivity index (χ0) is 15.6. The SMILES string of the molecule is CCNC(=NCCCCC(F)(F)F)NCCc1ccco1.I. The Morgan fingerprint density at radius 2 is 2.05 bits per heavy atom. The van der Waals surface area contributed by atoms with Gasteiger partial charge in [0.2, 0.25) is 0 Å². The van der Waals surface area contributed by atoms with Crippen molar-refractivity contribution in [2.45, 2.75) is 38.8 Å². The number of furan rings is 1. The number of alkyl halides is 3. The molecular formula is C14H23F3IN3O. The fraction of sp³-hybridized carbons (Fsp3) is 0.643. The van der Waals surface area contributed by atoms with E-state index in [-0.39, 0.29) is 30.4 Å². The van der Waals surface area contributed by atoms with Crippen LogP contribution in [0, 0.1) is 0 Å². The van der Waals surface area contributed by atoms with Crippen molar-refractivity contribution in [3.05, 3.63) is 24.2 Å². The summed E-state index contributed by atoms with van der Waals surface area (Å²) in [7, 11) is 0. The number of halogens is 4. The summed E-state index contributed by atoms with van der Waals surface area (Å²) in [5.41, 5.74) is 0. The average molecular weight is 433 g/mol. The molecule has 0 aliphatic heterocycles. The van der Waals surface area contributed by atoms with Crippen molar-refractivity contribution in [3.8, 4) is 0 Å². The third-order valence-corrected chi connectivity index (χ3v) is 2.73. The van der Waals surface area contributed by atoms with E-state index in [1.807, 2.05) is 19.1 Å². The summed E-state index contributed by atoms with van der Waals surface area (Å²) in [4.78, 5) is 4.25. The maximum atomic E-state index is 12.0. The fourth-order valence-electron chi connectivity index (χ4n) is 1.73. The van der Waals surface area contributed by atoms with Crippen LogP contribution >= 0.6 is 24.0 Å². The Labute approximate surface area is 146 Å². The normalized spacial score (nSPS) is 11.9. The first kappa shape index (κ1) is 21.1. The molecule has 0 unspecified atom stereocenters. The Morgan fingerprint density at radius 3 is 2.64 bits per heavy atom. The molecule has 22 heavy (non-hydrogen) atoms. The summed E-state index contributed by atoms with van der Waals surface area (Å²) < 4.78 is 41.2. The van der Waals surface area contributed by atoms with E-state index in [0.717, 1.165) is 12.2 Å². The number of unbranched alkanes of at least 4 members (excludes halogenated alkanes) is 1. The highest BCUT2D eigenvalue weighted by Gasteiger charge is 2.25. The summed E-state index contributed by atoms with van der Waals surface area (Å²) in [6.45, 7) is 3.68. The molecule has 128 valence electrons. The molecule has 2 N–H and O–H groups in total. The fourth-order valence-corrected chi connectivity index (χ4v) is 1.73. The lowest BCUT2D eigenvalue weighted by molar-refractivity contribution is -0.135. The van der Waals surface area contributed by atoms with E-state index >= 15 is 0 Å². The van der Waals surface area contributed by atoms with Gasteiger partial charge in [-0.05, 0) is 31.9 Å². The molecule has 0 bridgehead atoms. The van der Waals surface area contributed by atoms with Crippen LogP contribution in [-0.2, 0) is 6.42 Å². The predicted octanol–water partition coefficient (Wildman–Crippen LogP) is 3.73. The zero-order valence-corrected chi connectivity index (χ0v) is 14.9. The molecule has 0 aliphatic rings. The number of nitrogens with one attached hydrogen (secondary N) is 2. The van der Waals surface area contributed by atoms with E-state index in [1.54, 1.807) is 6.26 Å². The third kappa shape index (κ3) is 10.7. The van der Waals surface area contributed by atoms with Crippen LogP contribution in [0.1, 0.15) is 31.9 Å². The molecule has 0 atom stereocenters. The van der Waals surface area contributed by atoms with Crippen molar-refractivity contribution in [2.24, 2.45) is 4.99 Å². The van der Waals surface area contributed by atoms with Gasteiger partial charge in [-0.15, -0.1) is 24.0 Å². The number of nitrogens with zero attached hydrogens (tertiary/aromatic N) is 1. The summed E-state index contributed by atoms with van der Waals surface area (Å²) in [6, 6.07) is 3.72. The van der Waals surface area contributed by atoms with Crippen LogP contribution in [0.15, 0.2) is 27.8 Å². The lowest BCUT2D eigenvalue weighted by atomic mass is 10.2. The summed E-state index contributed by atoms with van der Waals surface area (Å²) >= 11 is 0. The Bertz CT molecular complexity index is 408. The van der Waals surface area contributed by atoms with Crippen molar-refractivity contribution < 1.29 is 17.6 Å². The molecular weight excluding hydrogens is 410 g/mol. The Hall–Kier alpha value is -0.930. The molecule has 0 spiro atoms. The van der Waals surface area contributed by atoms with Gasteiger partial charge in [-0.25, -0.2) is 0 Å². The average Bonchev–Trinajstić information content (AvgIpc) is 2.90. The van der Waals surface area contributed by atoms with Gasteiger partial charge in [0.1, 0.15) is 5.76 Å². The van der Waals surface area contributed by atoms with Crippen molar-refractivity contribution >= 4 is 29.9 Å². The highest BCUT2D eigenvalue weighted by Crippen LogP contribution is 2.21. The van der Waals surface area contributed by atoms with E-state index in [0.29, 0.717) is 32.0 Å². The van der Waals surface area contributed by atoms with Crippen molar-refractivity contribution in [3.63, 3.8) is 0 Å². The van der Waals surface area contributed by atoms with E-state index in [2.05, 4.69) is 15.6 Å². The minimum absolute atomic E-state index is 0. The largest absolute Gasteiger partial charge is 0.469 e. The molecule has 0 amide bonds. The van der Waals surface area contributed by atoms with Crippen LogP contribution in [-0.4, -0.2) is 31.8 Å². The number of guanidine groups is 1. The van der Waals surface area contributed by atoms with Gasteiger partial charge in [-0.2, -0.15) is 13.2 Å². The maximum absolute atomic E-state index is 12.0. The van der Waals surface area contributed by atoms with Gasteiger partial charge in [0.15, 0.2) is 5.96 Å². The quantitative estimate of drug-likeness (QED) is 0.284. The first-order valence-corrected chi connectivity index (χ1v) is 7.12. The molecule has 4 nitrogen and oxygen atoms in total. The maximum Gasteiger partial charge on any atom is 0.389 e. The standard InChI is InChI=1S/C14H22F3N3O.HI/c1-2-18-13(19-9-4-3-8-14(15,16)17)20-10-7-12-6-5-11-21-12;/h5-6,11H,2-4,7-10H2,1H3,(H2,18,19,20);1H. The van der Waals surface area contributed by atoms with Gasteiger partial charge in [-0.1, -0.05) is 0 Å². The topological polar surface area (TPSA) is 49.6 Å². The van der Waals surface area contributed by atoms with Gasteiger partial charge in [0.25, 0.3) is 0 Å². The number of aliphatic imine (C=N–C) groups is 1. The van der Waals surface area contributed by atoms with Crippen LogP contribution in [0.4, 0.5) is 13.2 Å². The minimum Gasteiger partial charge on any atom is -0.469 e. The molecule has 0 aromatic carbocycles. The van der Waals surface area contributed by atoms with E-state index < -0.39 is 12.6 Å². The summed E-state index contributed by atoms with van der Waals surface area (Å²) in [5, 5.41) is 6.18. The number of hydrogen-bond donors (Lipinski definition) is 2. The Morgan fingerprint density at radius 1 is 1.27 bits per heavy atom. The van der Waals surface area contributed by atoms with Crippen LogP contribution in [0.2, 0.25) is 0 Å². The Kier molecular flexibility index (Phi) is 11.1. The predicted molar refractivity (Wildman–Crippen MR) is 91.7 cm³/mol. The second kappa shape index (κ2) is 11.6. The van der Waals surface area contributed by atoms with Gasteiger partial charge in [0.05, 0.1) is 6.26 Å². The molecule has 1 aromatic heterocycles. The first-order valence-electron chi connectivity index (χ1n) is 7.12. The monoisotopic (exact) mass is 433 g/mol. The minimum atomic E-state index is -4.07. The molecule has 0 saturated carbocycles. The zero-order valence-electron chi connectivity index (χ0n) is 12.6. The molecule has 0 radical (unpaired) electrons. The van der Waals surface area contributed by atoms with Crippen molar-refractivity contribution in [1.82, 2.24) is 10.6 Å². The number of rotatable bonds is 8. The van der Waals surface area contributed by atoms with Gasteiger partial charge >= 0.3 is 6.18 Å². The molecule has 8 heteroatoms. The van der Waals surface area contributed by atoms with E-state index in [1.165, 1.54) is 0 Å². The Balaban J connectivity index is 0.00000441. The second-order valence-corrected chi connectivity index (χ2v) is 4.59. The van der Waals surface area contributed by atoms with Crippen molar-refractivity contribution in [1.29, 1.82) is 0 Å². The van der Waals surface area contributed by atoms with Gasteiger partial charge in [0, 0.05) is 32.5 Å². The van der Waals surface area contributed by atoms with Crippen molar-refractivity contribution in [2.75, 3.05) is 19.6 Å². The second-order valence-electron chi connectivity index (χ2n) is 4.59. The first-order chi connectivity index (χ1) is 10.0. The molecule has 0 aliphatic carbocycles.